The van der Waals surface area contributed by atoms with Crippen molar-refractivity contribution >= 4 is 23.5 Å². The van der Waals surface area contributed by atoms with Crippen molar-refractivity contribution in [2.24, 2.45) is 0 Å². The Morgan fingerprint density at radius 3 is 2.34 bits per heavy atom. The summed E-state index contributed by atoms with van der Waals surface area (Å²) in [6, 6.07) is 12.9. The van der Waals surface area contributed by atoms with Crippen LogP contribution in [0.1, 0.15) is 33.2 Å². The molecule has 3 rings (SSSR count). The summed E-state index contributed by atoms with van der Waals surface area (Å²) >= 11 is 0. The summed E-state index contributed by atoms with van der Waals surface area (Å²) in [5.41, 5.74) is 1.77. The Morgan fingerprint density at radius 2 is 1.69 bits per heavy atom. The van der Waals surface area contributed by atoms with Crippen molar-refractivity contribution in [1.82, 2.24) is 15.3 Å². The van der Waals surface area contributed by atoms with Gasteiger partial charge in [0.15, 0.2) is 0 Å². The van der Waals surface area contributed by atoms with Gasteiger partial charge in [0.05, 0.1) is 17.7 Å². The maximum Gasteiger partial charge on any atom is 0.338 e. The SMILES string of the molecule is CCOC(=O)c1ccc(Nc2ncc(C(=O)NCc3ccccc3F)cn2)cc1. The second kappa shape index (κ2) is 9.41. The van der Waals surface area contributed by atoms with E-state index in [0.717, 1.165) is 0 Å². The summed E-state index contributed by atoms with van der Waals surface area (Å²) in [7, 11) is 0. The number of nitrogens with zero attached hydrogens (tertiary/aromatic N) is 2. The van der Waals surface area contributed by atoms with Gasteiger partial charge in [-0.25, -0.2) is 19.2 Å². The molecule has 3 aromatic rings. The van der Waals surface area contributed by atoms with Crippen molar-refractivity contribution < 1.29 is 18.7 Å². The van der Waals surface area contributed by atoms with Crippen LogP contribution in [0.3, 0.4) is 0 Å². The van der Waals surface area contributed by atoms with Crippen LogP contribution in [-0.4, -0.2) is 28.5 Å². The van der Waals surface area contributed by atoms with E-state index in [1.165, 1.54) is 18.5 Å². The molecule has 1 amide bonds. The molecule has 29 heavy (non-hydrogen) atoms. The molecule has 0 fully saturated rings. The standard InChI is InChI=1S/C21H19FN4O3/c1-2-29-20(28)14-7-9-17(10-8-14)26-21-24-12-16(13-25-21)19(27)23-11-15-5-3-4-6-18(15)22/h3-10,12-13H,2,11H2,1H3,(H,23,27)(H,24,25,26). The average Bonchev–Trinajstić information content (AvgIpc) is 2.74. The topological polar surface area (TPSA) is 93.2 Å². The molecule has 0 spiro atoms. The molecule has 0 aliphatic heterocycles. The highest BCUT2D eigenvalue weighted by Crippen LogP contribution is 2.14. The fraction of sp³-hybridized carbons (Fsp3) is 0.143. The van der Waals surface area contributed by atoms with Crippen LogP contribution in [0.2, 0.25) is 0 Å². The summed E-state index contributed by atoms with van der Waals surface area (Å²) in [6.07, 6.45) is 2.75. The molecule has 0 radical (unpaired) electrons. The van der Waals surface area contributed by atoms with E-state index in [-0.39, 0.29) is 23.9 Å². The number of anilines is 2. The van der Waals surface area contributed by atoms with Crippen LogP contribution in [0, 0.1) is 5.82 Å². The predicted octanol–water partition coefficient (Wildman–Crippen LogP) is 3.47. The fourth-order valence-electron chi connectivity index (χ4n) is 2.46. The molecule has 0 unspecified atom stereocenters. The lowest BCUT2D eigenvalue weighted by Crippen LogP contribution is -2.23. The van der Waals surface area contributed by atoms with Gasteiger partial charge < -0.3 is 15.4 Å². The van der Waals surface area contributed by atoms with Gasteiger partial charge in [-0.3, -0.25) is 4.79 Å². The van der Waals surface area contributed by atoms with Crippen LogP contribution >= 0.6 is 0 Å². The Hall–Kier alpha value is -3.81. The van der Waals surface area contributed by atoms with Crippen LogP contribution in [0.5, 0.6) is 0 Å². The van der Waals surface area contributed by atoms with Gasteiger partial charge >= 0.3 is 5.97 Å². The van der Waals surface area contributed by atoms with Gasteiger partial charge in [0.1, 0.15) is 5.82 Å². The molecule has 1 heterocycles. The van der Waals surface area contributed by atoms with E-state index in [0.29, 0.717) is 29.4 Å². The lowest BCUT2D eigenvalue weighted by atomic mass is 10.2. The van der Waals surface area contributed by atoms with Gasteiger partial charge in [0.25, 0.3) is 5.91 Å². The zero-order valence-electron chi connectivity index (χ0n) is 15.7. The van der Waals surface area contributed by atoms with E-state index in [4.69, 9.17) is 4.74 Å². The number of amides is 1. The maximum atomic E-state index is 13.6. The van der Waals surface area contributed by atoms with Crippen LogP contribution in [0.4, 0.5) is 16.0 Å². The van der Waals surface area contributed by atoms with E-state index < -0.39 is 5.91 Å². The number of ether oxygens (including phenoxy) is 1. The second-order valence-corrected chi connectivity index (χ2v) is 5.99. The van der Waals surface area contributed by atoms with Crippen LogP contribution in [0.15, 0.2) is 60.9 Å². The van der Waals surface area contributed by atoms with Crippen molar-refractivity contribution in [2.45, 2.75) is 13.5 Å². The molecule has 148 valence electrons. The minimum Gasteiger partial charge on any atom is -0.462 e. The largest absolute Gasteiger partial charge is 0.462 e. The number of esters is 1. The normalized spacial score (nSPS) is 10.3. The molecular weight excluding hydrogens is 375 g/mol. The van der Waals surface area contributed by atoms with Gasteiger partial charge in [0.2, 0.25) is 5.95 Å². The van der Waals surface area contributed by atoms with Gasteiger partial charge in [-0.15, -0.1) is 0 Å². The number of nitrogens with one attached hydrogen (secondary N) is 2. The first-order valence-corrected chi connectivity index (χ1v) is 8.94. The Balaban J connectivity index is 1.57. The minimum atomic E-state index is -0.404. The summed E-state index contributed by atoms with van der Waals surface area (Å²) in [6.45, 7) is 2.13. The predicted molar refractivity (Wildman–Crippen MR) is 105 cm³/mol. The number of halogens is 1. The molecule has 0 aliphatic carbocycles. The molecular formula is C21H19FN4O3. The van der Waals surface area contributed by atoms with E-state index in [1.807, 2.05) is 0 Å². The van der Waals surface area contributed by atoms with Gasteiger partial charge in [0, 0.05) is 30.2 Å². The molecule has 0 saturated heterocycles. The molecule has 0 saturated carbocycles. The maximum absolute atomic E-state index is 13.6. The Kier molecular flexibility index (Phi) is 6.47. The lowest BCUT2D eigenvalue weighted by Gasteiger charge is -2.08. The summed E-state index contributed by atoms with van der Waals surface area (Å²) in [5, 5.41) is 5.61. The van der Waals surface area contributed by atoms with Gasteiger partial charge in [-0.2, -0.15) is 0 Å². The van der Waals surface area contributed by atoms with Gasteiger partial charge in [-0.1, -0.05) is 18.2 Å². The summed E-state index contributed by atoms with van der Waals surface area (Å²) in [5.74, 6) is -0.878. The average molecular weight is 394 g/mol. The third-order valence-electron chi connectivity index (χ3n) is 3.96. The molecule has 2 N–H and O–H groups in total. The van der Waals surface area contributed by atoms with Crippen molar-refractivity contribution in [3.63, 3.8) is 0 Å². The minimum absolute atomic E-state index is 0.0678. The lowest BCUT2D eigenvalue weighted by molar-refractivity contribution is 0.0526. The molecule has 8 heteroatoms. The summed E-state index contributed by atoms with van der Waals surface area (Å²) in [4.78, 5) is 32.0. The number of aromatic nitrogens is 2. The van der Waals surface area contributed by atoms with Crippen molar-refractivity contribution in [2.75, 3.05) is 11.9 Å². The zero-order chi connectivity index (χ0) is 20.6. The van der Waals surface area contributed by atoms with Crippen LogP contribution < -0.4 is 10.6 Å². The highest BCUT2D eigenvalue weighted by molar-refractivity contribution is 5.93. The first-order chi connectivity index (χ1) is 14.1. The Morgan fingerprint density at radius 1 is 1.00 bits per heavy atom. The monoisotopic (exact) mass is 394 g/mol. The van der Waals surface area contributed by atoms with Crippen LogP contribution in [0.25, 0.3) is 0 Å². The number of carbonyl (C=O) groups is 2. The number of benzene rings is 2. The highest BCUT2D eigenvalue weighted by atomic mass is 19.1. The first kappa shape index (κ1) is 19.9. The fourth-order valence-corrected chi connectivity index (χ4v) is 2.46. The summed E-state index contributed by atoms with van der Waals surface area (Å²) < 4.78 is 18.5. The molecule has 7 nitrogen and oxygen atoms in total. The van der Waals surface area contributed by atoms with E-state index in [2.05, 4.69) is 20.6 Å². The molecule has 0 aliphatic rings. The quantitative estimate of drug-likeness (QED) is 0.596. The first-order valence-electron chi connectivity index (χ1n) is 8.94. The number of hydrogen-bond donors (Lipinski definition) is 2. The Bertz CT molecular complexity index is 992. The number of hydrogen-bond acceptors (Lipinski definition) is 6. The van der Waals surface area contributed by atoms with E-state index >= 15 is 0 Å². The van der Waals surface area contributed by atoms with Gasteiger partial charge in [-0.05, 0) is 37.3 Å². The van der Waals surface area contributed by atoms with Crippen molar-refractivity contribution in [3.8, 4) is 0 Å². The molecule has 1 aromatic heterocycles. The second-order valence-electron chi connectivity index (χ2n) is 5.99. The third-order valence-corrected chi connectivity index (χ3v) is 3.96. The number of carbonyl (C=O) groups excluding carboxylic acids is 2. The zero-order valence-corrected chi connectivity index (χ0v) is 15.7. The van der Waals surface area contributed by atoms with Crippen molar-refractivity contribution in [3.05, 3.63) is 83.4 Å². The molecule has 2 aromatic carbocycles. The highest BCUT2D eigenvalue weighted by Gasteiger charge is 2.09. The van der Waals surface area contributed by atoms with E-state index in [9.17, 15) is 14.0 Å². The Labute approximate surface area is 167 Å². The third kappa shape index (κ3) is 5.35. The van der Waals surface area contributed by atoms with Crippen LogP contribution in [-0.2, 0) is 11.3 Å². The van der Waals surface area contributed by atoms with E-state index in [1.54, 1.807) is 49.4 Å². The van der Waals surface area contributed by atoms with Crippen molar-refractivity contribution in [1.29, 1.82) is 0 Å². The molecule has 0 bridgehead atoms. The molecule has 0 atom stereocenters. The smallest absolute Gasteiger partial charge is 0.338 e. The number of rotatable bonds is 7.